The summed E-state index contributed by atoms with van der Waals surface area (Å²) in [6.45, 7) is 4.29. The van der Waals surface area contributed by atoms with Crippen LogP contribution in [0.2, 0.25) is 0 Å². The monoisotopic (exact) mass is 279 g/mol. The third-order valence-corrected chi connectivity index (χ3v) is 3.99. The zero-order valence-electron chi connectivity index (χ0n) is 12.5. The molecule has 0 aromatic carbocycles. The first-order chi connectivity index (χ1) is 9.52. The summed E-state index contributed by atoms with van der Waals surface area (Å²) < 4.78 is 7.28. The van der Waals surface area contributed by atoms with Gasteiger partial charge in [0.1, 0.15) is 6.61 Å². The average Bonchev–Trinajstić information content (AvgIpc) is 2.63. The van der Waals surface area contributed by atoms with Crippen LogP contribution in [-0.2, 0) is 0 Å². The first kappa shape index (κ1) is 15.0. The molecule has 1 aliphatic carbocycles. The number of hydrogen-bond donors (Lipinski definition) is 1. The Labute approximate surface area is 120 Å². The van der Waals surface area contributed by atoms with Gasteiger partial charge in [-0.1, -0.05) is 25.7 Å². The molecule has 1 aromatic heterocycles. The minimum absolute atomic E-state index is 0.0950. The van der Waals surface area contributed by atoms with Crippen LogP contribution in [0.4, 0.5) is 0 Å². The van der Waals surface area contributed by atoms with Gasteiger partial charge in [0.2, 0.25) is 0 Å². The Bertz CT molecular complexity index is 488. The highest BCUT2D eigenvalue weighted by Gasteiger charge is 2.27. The lowest BCUT2D eigenvalue weighted by molar-refractivity contribution is 0.190. The first-order valence-electron chi connectivity index (χ1n) is 7.51. The molecule has 1 aromatic rings. The summed E-state index contributed by atoms with van der Waals surface area (Å²) >= 11 is 0. The summed E-state index contributed by atoms with van der Waals surface area (Å²) in [5, 5.41) is 0. The van der Waals surface area contributed by atoms with Crippen LogP contribution in [0.5, 0.6) is 5.88 Å². The standard InChI is InChI=1S/C15H25N3O2/c1-12(2)18-10-9-17-13(14(18)19)20-11-15(16)7-5-3-4-6-8-15/h9-10,12H,3-8,11,16H2,1-2H3. The van der Waals surface area contributed by atoms with Gasteiger partial charge in [-0.15, -0.1) is 0 Å². The fourth-order valence-corrected chi connectivity index (χ4v) is 2.70. The Balaban J connectivity index is 2.07. The van der Waals surface area contributed by atoms with Gasteiger partial charge in [-0.3, -0.25) is 4.79 Å². The van der Waals surface area contributed by atoms with Crippen molar-refractivity contribution in [1.82, 2.24) is 9.55 Å². The van der Waals surface area contributed by atoms with Crippen molar-refractivity contribution in [2.45, 2.75) is 64.0 Å². The van der Waals surface area contributed by atoms with Crippen LogP contribution in [0.25, 0.3) is 0 Å². The van der Waals surface area contributed by atoms with E-state index in [1.54, 1.807) is 17.0 Å². The molecule has 0 bridgehead atoms. The van der Waals surface area contributed by atoms with Gasteiger partial charge in [-0.05, 0) is 26.7 Å². The van der Waals surface area contributed by atoms with Gasteiger partial charge in [0.05, 0.1) is 5.54 Å². The third kappa shape index (κ3) is 3.60. The molecule has 0 spiro atoms. The average molecular weight is 279 g/mol. The quantitative estimate of drug-likeness (QED) is 0.858. The van der Waals surface area contributed by atoms with E-state index in [4.69, 9.17) is 10.5 Å². The zero-order chi connectivity index (χ0) is 14.6. The van der Waals surface area contributed by atoms with Gasteiger partial charge in [0.15, 0.2) is 0 Å². The second-order valence-corrected chi connectivity index (χ2v) is 6.10. The minimum atomic E-state index is -0.316. The topological polar surface area (TPSA) is 70.1 Å². The van der Waals surface area contributed by atoms with E-state index in [1.165, 1.54) is 12.8 Å². The maximum absolute atomic E-state index is 12.2. The predicted molar refractivity (Wildman–Crippen MR) is 79.0 cm³/mol. The van der Waals surface area contributed by atoms with E-state index < -0.39 is 0 Å². The molecule has 1 aliphatic rings. The van der Waals surface area contributed by atoms with Crippen LogP contribution < -0.4 is 16.0 Å². The third-order valence-electron chi connectivity index (χ3n) is 3.99. The molecule has 1 saturated carbocycles. The summed E-state index contributed by atoms with van der Waals surface area (Å²) in [6.07, 6.45) is 9.95. The smallest absolute Gasteiger partial charge is 0.313 e. The van der Waals surface area contributed by atoms with E-state index in [9.17, 15) is 4.79 Å². The normalized spacial score (nSPS) is 18.8. The van der Waals surface area contributed by atoms with Crippen molar-refractivity contribution >= 4 is 0 Å². The van der Waals surface area contributed by atoms with E-state index in [0.717, 1.165) is 25.7 Å². The lowest BCUT2D eigenvalue weighted by Gasteiger charge is -2.27. The highest BCUT2D eigenvalue weighted by molar-refractivity contribution is 5.06. The van der Waals surface area contributed by atoms with Crippen molar-refractivity contribution in [2.24, 2.45) is 5.73 Å². The Morgan fingerprint density at radius 2 is 2.00 bits per heavy atom. The molecule has 112 valence electrons. The number of nitrogens with zero attached hydrogens (tertiary/aromatic N) is 2. The van der Waals surface area contributed by atoms with Crippen molar-refractivity contribution in [3.05, 3.63) is 22.7 Å². The molecule has 0 atom stereocenters. The number of aromatic nitrogens is 2. The molecule has 1 heterocycles. The van der Waals surface area contributed by atoms with Crippen molar-refractivity contribution in [3.63, 3.8) is 0 Å². The maximum atomic E-state index is 12.2. The van der Waals surface area contributed by atoms with Gasteiger partial charge in [-0.25, -0.2) is 4.98 Å². The first-order valence-corrected chi connectivity index (χ1v) is 7.51. The minimum Gasteiger partial charge on any atom is -0.472 e. The summed E-state index contributed by atoms with van der Waals surface area (Å²) in [6, 6.07) is 0.0950. The second-order valence-electron chi connectivity index (χ2n) is 6.10. The van der Waals surface area contributed by atoms with Gasteiger partial charge >= 0.3 is 5.56 Å². The molecule has 0 amide bonds. The van der Waals surface area contributed by atoms with E-state index in [1.807, 2.05) is 13.8 Å². The van der Waals surface area contributed by atoms with Crippen LogP contribution in [0.15, 0.2) is 17.2 Å². The number of rotatable bonds is 4. The largest absolute Gasteiger partial charge is 0.472 e. The molecule has 20 heavy (non-hydrogen) atoms. The maximum Gasteiger partial charge on any atom is 0.313 e. The van der Waals surface area contributed by atoms with E-state index >= 15 is 0 Å². The molecule has 0 radical (unpaired) electrons. The van der Waals surface area contributed by atoms with E-state index in [2.05, 4.69) is 4.98 Å². The van der Waals surface area contributed by atoms with E-state index in [-0.39, 0.29) is 23.0 Å². The lowest BCUT2D eigenvalue weighted by Crippen LogP contribution is -2.45. The molecular weight excluding hydrogens is 254 g/mol. The van der Waals surface area contributed by atoms with Crippen LogP contribution in [0.3, 0.4) is 0 Å². The zero-order valence-corrected chi connectivity index (χ0v) is 12.5. The van der Waals surface area contributed by atoms with Gasteiger partial charge in [-0.2, -0.15) is 0 Å². The van der Waals surface area contributed by atoms with Crippen molar-refractivity contribution < 1.29 is 4.74 Å². The van der Waals surface area contributed by atoms with Crippen LogP contribution in [0.1, 0.15) is 58.4 Å². The summed E-state index contributed by atoms with van der Waals surface area (Å²) in [4.78, 5) is 16.2. The Morgan fingerprint density at radius 3 is 2.60 bits per heavy atom. The Kier molecular flexibility index (Phi) is 4.81. The summed E-state index contributed by atoms with van der Waals surface area (Å²) in [7, 11) is 0. The molecular formula is C15H25N3O2. The fourth-order valence-electron chi connectivity index (χ4n) is 2.70. The fraction of sp³-hybridized carbons (Fsp3) is 0.733. The molecule has 1 fully saturated rings. The van der Waals surface area contributed by atoms with Gasteiger partial charge in [0, 0.05) is 18.4 Å². The molecule has 2 N–H and O–H groups in total. The lowest BCUT2D eigenvalue weighted by atomic mass is 9.93. The summed E-state index contributed by atoms with van der Waals surface area (Å²) in [5.74, 6) is 0.162. The van der Waals surface area contributed by atoms with Crippen molar-refractivity contribution in [1.29, 1.82) is 0 Å². The molecule has 5 nitrogen and oxygen atoms in total. The second kappa shape index (κ2) is 6.39. The number of ether oxygens (including phenoxy) is 1. The SMILES string of the molecule is CC(C)n1ccnc(OCC2(N)CCCCCC2)c1=O. The van der Waals surface area contributed by atoms with E-state index in [0.29, 0.717) is 6.61 Å². The number of nitrogens with two attached hydrogens (primary N) is 1. The highest BCUT2D eigenvalue weighted by Crippen LogP contribution is 2.25. The van der Waals surface area contributed by atoms with Crippen LogP contribution >= 0.6 is 0 Å². The van der Waals surface area contributed by atoms with Crippen molar-refractivity contribution in [2.75, 3.05) is 6.61 Å². The van der Waals surface area contributed by atoms with Gasteiger partial charge in [0.25, 0.3) is 5.88 Å². The predicted octanol–water partition coefficient (Wildman–Crippen LogP) is 2.25. The molecule has 0 saturated heterocycles. The van der Waals surface area contributed by atoms with Crippen molar-refractivity contribution in [3.8, 4) is 5.88 Å². The Morgan fingerprint density at radius 1 is 1.35 bits per heavy atom. The highest BCUT2D eigenvalue weighted by atomic mass is 16.5. The summed E-state index contributed by atoms with van der Waals surface area (Å²) in [5.41, 5.74) is 5.90. The molecule has 2 rings (SSSR count). The molecule has 0 aliphatic heterocycles. The van der Waals surface area contributed by atoms with Gasteiger partial charge < -0.3 is 15.0 Å². The Hall–Kier alpha value is -1.36. The number of hydrogen-bond acceptors (Lipinski definition) is 4. The molecule has 5 heteroatoms. The molecule has 0 unspecified atom stereocenters. The van der Waals surface area contributed by atoms with Crippen LogP contribution in [-0.4, -0.2) is 21.7 Å². The van der Waals surface area contributed by atoms with Crippen LogP contribution in [0, 0.1) is 0 Å².